The molecule has 0 saturated carbocycles. The molecule has 3 heteroatoms. The molecule has 0 fully saturated rings. The first kappa shape index (κ1) is 12.4. The van der Waals surface area contributed by atoms with E-state index in [1.807, 2.05) is 25.1 Å². The van der Waals surface area contributed by atoms with E-state index in [2.05, 4.69) is 24.6 Å². The zero-order valence-corrected chi connectivity index (χ0v) is 11.0. The van der Waals surface area contributed by atoms with Gasteiger partial charge in [-0.2, -0.15) is 0 Å². The SMILES string of the molecule is C=CC(=O)N(C)C(C)c1[nH]c2ccccc2c1C. The molecule has 1 amide bonds. The number of nitrogens with one attached hydrogen (secondary N) is 1. The number of nitrogens with zero attached hydrogens (tertiary/aromatic N) is 1. The van der Waals surface area contributed by atoms with Crippen LogP contribution in [0.3, 0.4) is 0 Å². The van der Waals surface area contributed by atoms with Gasteiger partial charge in [-0.1, -0.05) is 24.8 Å². The molecule has 1 heterocycles. The van der Waals surface area contributed by atoms with Crippen LogP contribution in [-0.4, -0.2) is 22.8 Å². The maximum atomic E-state index is 11.6. The molecule has 0 aliphatic carbocycles. The Morgan fingerprint density at radius 1 is 1.44 bits per heavy atom. The van der Waals surface area contributed by atoms with Crippen LogP contribution in [0.2, 0.25) is 0 Å². The number of rotatable bonds is 3. The third kappa shape index (κ3) is 1.92. The number of aromatic nitrogens is 1. The Hall–Kier alpha value is -2.03. The highest BCUT2D eigenvalue weighted by molar-refractivity contribution is 5.88. The summed E-state index contributed by atoms with van der Waals surface area (Å²) < 4.78 is 0. The zero-order valence-electron chi connectivity index (χ0n) is 11.0. The van der Waals surface area contributed by atoms with Crippen LogP contribution < -0.4 is 0 Å². The summed E-state index contributed by atoms with van der Waals surface area (Å²) in [6.07, 6.45) is 1.34. The molecule has 3 nitrogen and oxygen atoms in total. The van der Waals surface area contributed by atoms with Gasteiger partial charge in [0.1, 0.15) is 0 Å². The Morgan fingerprint density at radius 3 is 2.72 bits per heavy atom. The van der Waals surface area contributed by atoms with Crippen LogP contribution in [0.4, 0.5) is 0 Å². The molecule has 0 bridgehead atoms. The number of H-pyrrole nitrogens is 1. The fourth-order valence-corrected chi connectivity index (χ4v) is 2.25. The topological polar surface area (TPSA) is 36.1 Å². The zero-order chi connectivity index (χ0) is 13.3. The van der Waals surface area contributed by atoms with Gasteiger partial charge in [0.05, 0.1) is 6.04 Å². The number of carbonyl (C=O) groups excluding carboxylic acids is 1. The van der Waals surface area contributed by atoms with Crippen molar-refractivity contribution in [3.05, 3.63) is 48.2 Å². The van der Waals surface area contributed by atoms with Gasteiger partial charge < -0.3 is 9.88 Å². The summed E-state index contributed by atoms with van der Waals surface area (Å²) in [5.41, 5.74) is 3.38. The van der Waals surface area contributed by atoms with E-state index in [-0.39, 0.29) is 11.9 Å². The molecule has 1 unspecified atom stereocenters. The fraction of sp³-hybridized carbons (Fsp3) is 0.267. The first-order valence-corrected chi connectivity index (χ1v) is 6.02. The van der Waals surface area contributed by atoms with E-state index in [0.29, 0.717) is 0 Å². The van der Waals surface area contributed by atoms with Gasteiger partial charge in [-0.15, -0.1) is 0 Å². The Bertz CT molecular complexity index is 598. The van der Waals surface area contributed by atoms with Crippen molar-refractivity contribution in [2.75, 3.05) is 7.05 Å². The van der Waals surface area contributed by atoms with E-state index in [1.54, 1.807) is 11.9 Å². The second-order valence-corrected chi connectivity index (χ2v) is 4.54. The van der Waals surface area contributed by atoms with Crippen LogP contribution in [0.15, 0.2) is 36.9 Å². The van der Waals surface area contributed by atoms with E-state index in [0.717, 1.165) is 11.2 Å². The highest BCUT2D eigenvalue weighted by Crippen LogP contribution is 2.28. The smallest absolute Gasteiger partial charge is 0.246 e. The maximum absolute atomic E-state index is 11.6. The maximum Gasteiger partial charge on any atom is 0.246 e. The fourth-order valence-electron chi connectivity index (χ4n) is 2.25. The van der Waals surface area contributed by atoms with Gasteiger partial charge in [-0.3, -0.25) is 4.79 Å². The molecular formula is C15H18N2O. The standard InChI is InChI=1S/C15H18N2O/c1-5-14(18)17(4)11(3)15-10(2)12-8-6-7-9-13(12)16-15/h5-9,11,16H,1H2,2-4H3. The van der Waals surface area contributed by atoms with Crippen LogP contribution >= 0.6 is 0 Å². The van der Waals surface area contributed by atoms with Crippen molar-refractivity contribution in [3.63, 3.8) is 0 Å². The second kappa shape index (κ2) is 4.69. The molecule has 18 heavy (non-hydrogen) atoms. The minimum absolute atomic E-state index is 0.00269. The molecule has 94 valence electrons. The molecule has 2 rings (SSSR count). The number of benzene rings is 1. The number of aryl methyl sites for hydroxylation is 1. The predicted octanol–water partition coefficient (Wildman–Crippen LogP) is 3.18. The average molecular weight is 242 g/mol. The number of hydrogen-bond acceptors (Lipinski definition) is 1. The Balaban J connectivity index is 2.45. The molecule has 0 spiro atoms. The van der Waals surface area contributed by atoms with Gasteiger partial charge in [0.25, 0.3) is 0 Å². The lowest BCUT2D eigenvalue weighted by molar-refractivity contribution is -0.126. The normalized spacial score (nSPS) is 12.4. The number of carbonyl (C=O) groups is 1. The molecule has 0 aliphatic heterocycles. The molecule has 0 aliphatic rings. The van der Waals surface area contributed by atoms with E-state index in [4.69, 9.17) is 0 Å². The number of hydrogen-bond donors (Lipinski definition) is 1. The number of fused-ring (bicyclic) bond motifs is 1. The number of para-hydroxylation sites is 1. The van der Waals surface area contributed by atoms with Gasteiger partial charge in [0.2, 0.25) is 5.91 Å². The summed E-state index contributed by atoms with van der Waals surface area (Å²) in [5, 5.41) is 1.21. The minimum Gasteiger partial charge on any atom is -0.356 e. The largest absolute Gasteiger partial charge is 0.356 e. The van der Waals surface area contributed by atoms with Crippen LogP contribution in [0.25, 0.3) is 10.9 Å². The summed E-state index contributed by atoms with van der Waals surface area (Å²) in [4.78, 5) is 16.7. The number of amides is 1. The van der Waals surface area contributed by atoms with Gasteiger partial charge in [-0.05, 0) is 31.6 Å². The van der Waals surface area contributed by atoms with E-state index >= 15 is 0 Å². The lowest BCUT2D eigenvalue weighted by atomic mass is 10.1. The second-order valence-electron chi connectivity index (χ2n) is 4.54. The Labute approximate surface area is 107 Å². The molecule has 0 saturated heterocycles. The molecule has 1 aromatic carbocycles. The minimum atomic E-state index is -0.0689. The van der Waals surface area contributed by atoms with Gasteiger partial charge >= 0.3 is 0 Å². The molecule has 2 aromatic rings. The monoisotopic (exact) mass is 242 g/mol. The van der Waals surface area contributed by atoms with Crippen LogP contribution in [-0.2, 0) is 4.79 Å². The lowest BCUT2D eigenvalue weighted by Crippen LogP contribution is -2.28. The predicted molar refractivity (Wildman–Crippen MR) is 74.4 cm³/mol. The summed E-state index contributed by atoms with van der Waals surface area (Å²) in [6.45, 7) is 7.61. The number of aromatic amines is 1. The Morgan fingerprint density at radius 2 is 2.11 bits per heavy atom. The summed E-state index contributed by atoms with van der Waals surface area (Å²) in [6, 6.07) is 8.17. The third-order valence-corrected chi connectivity index (χ3v) is 3.53. The highest BCUT2D eigenvalue weighted by Gasteiger charge is 2.19. The number of likely N-dealkylation sites (N-methyl/N-ethyl adjacent to an activating group) is 1. The van der Waals surface area contributed by atoms with E-state index in [9.17, 15) is 4.79 Å². The van der Waals surface area contributed by atoms with Crippen molar-refractivity contribution in [1.82, 2.24) is 9.88 Å². The van der Waals surface area contributed by atoms with Crippen molar-refractivity contribution in [2.45, 2.75) is 19.9 Å². The highest BCUT2D eigenvalue weighted by atomic mass is 16.2. The van der Waals surface area contributed by atoms with Crippen molar-refractivity contribution < 1.29 is 4.79 Å². The van der Waals surface area contributed by atoms with Crippen molar-refractivity contribution in [1.29, 1.82) is 0 Å². The molecule has 0 radical (unpaired) electrons. The van der Waals surface area contributed by atoms with Gasteiger partial charge in [-0.25, -0.2) is 0 Å². The third-order valence-electron chi connectivity index (χ3n) is 3.53. The molecule has 1 N–H and O–H groups in total. The molecule has 1 atom stereocenters. The van der Waals surface area contributed by atoms with Gasteiger partial charge in [0.15, 0.2) is 0 Å². The Kier molecular flexibility index (Phi) is 3.24. The lowest BCUT2D eigenvalue weighted by Gasteiger charge is -2.23. The van der Waals surface area contributed by atoms with Crippen LogP contribution in [0.5, 0.6) is 0 Å². The summed E-state index contributed by atoms with van der Waals surface area (Å²) in [5.74, 6) is -0.0689. The van der Waals surface area contributed by atoms with Crippen LogP contribution in [0, 0.1) is 6.92 Å². The van der Waals surface area contributed by atoms with Crippen molar-refractivity contribution in [3.8, 4) is 0 Å². The van der Waals surface area contributed by atoms with E-state index in [1.165, 1.54) is 17.0 Å². The van der Waals surface area contributed by atoms with Crippen molar-refractivity contribution in [2.24, 2.45) is 0 Å². The first-order chi connectivity index (χ1) is 8.56. The first-order valence-electron chi connectivity index (χ1n) is 6.02. The van der Waals surface area contributed by atoms with Crippen molar-refractivity contribution >= 4 is 16.8 Å². The summed E-state index contributed by atoms with van der Waals surface area (Å²) in [7, 11) is 1.79. The van der Waals surface area contributed by atoms with Crippen LogP contribution in [0.1, 0.15) is 24.2 Å². The van der Waals surface area contributed by atoms with Gasteiger partial charge in [0, 0.05) is 23.6 Å². The summed E-state index contributed by atoms with van der Waals surface area (Å²) >= 11 is 0. The average Bonchev–Trinajstić information content (AvgIpc) is 2.74. The quantitative estimate of drug-likeness (QED) is 0.824. The molecule has 1 aromatic heterocycles. The van der Waals surface area contributed by atoms with E-state index < -0.39 is 0 Å². The molecular weight excluding hydrogens is 224 g/mol.